The van der Waals surface area contributed by atoms with Gasteiger partial charge in [0.1, 0.15) is 16.7 Å². The van der Waals surface area contributed by atoms with Crippen LogP contribution in [0.3, 0.4) is 0 Å². The second-order valence-electron chi connectivity index (χ2n) is 8.16. The molecular weight excluding hydrogens is 516 g/mol. The van der Waals surface area contributed by atoms with Crippen LogP contribution in [0, 0.1) is 6.92 Å². The lowest BCUT2D eigenvalue weighted by molar-refractivity contribution is 0.0746. The molecule has 0 atom stereocenters. The molecule has 0 bridgehead atoms. The highest BCUT2D eigenvalue weighted by atomic mass is 35.5. The molecule has 0 aliphatic carbocycles. The number of hydrogen-bond acceptors (Lipinski definition) is 9. The number of nitrogens with zero attached hydrogens (tertiary/aromatic N) is 5. The number of carbonyl (C=O) groups is 2. The predicted octanol–water partition coefficient (Wildman–Crippen LogP) is 4.38. The van der Waals surface area contributed by atoms with Gasteiger partial charge in [0, 0.05) is 35.4 Å². The van der Waals surface area contributed by atoms with Gasteiger partial charge < -0.3 is 14.4 Å². The smallest absolute Gasteiger partial charge is 0.259 e. The van der Waals surface area contributed by atoms with E-state index in [9.17, 15) is 9.59 Å². The quantitative estimate of drug-likeness (QED) is 0.360. The van der Waals surface area contributed by atoms with Crippen LogP contribution in [-0.2, 0) is 13.1 Å². The molecule has 0 spiro atoms. The lowest BCUT2D eigenvalue weighted by Crippen LogP contribution is -2.26. The van der Waals surface area contributed by atoms with Gasteiger partial charge in [0.2, 0.25) is 0 Å². The van der Waals surface area contributed by atoms with E-state index >= 15 is 0 Å². The average molecular weight is 537 g/mol. The standard InChI is InChI=1S/C25H21ClN6O4S/c1-13-6-14(15-7-22(26)29-10-20(15)36-3)16(9-28-13)23(33)31-25-30-18-11-32(12-21(18)37-25)24(34)17-8-27-5-4-19(17)35-2/h4-10H,11-12H2,1-3H3,(H,30,31,33). The van der Waals surface area contributed by atoms with Crippen molar-refractivity contribution in [2.75, 3.05) is 19.5 Å². The topological polar surface area (TPSA) is 119 Å². The summed E-state index contributed by atoms with van der Waals surface area (Å²) in [4.78, 5) is 45.8. The highest BCUT2D eigenvalue weighted by Gasteiger charge is 2.30. The fourth-order valence-corrected chi connectivity index (χ4v) is 5.19. The monoisotopic (exact) mass is 536 g/mol. The third kappa shape index (κ3) is 4.83. The van der Waals surface area contributed by atoms with Crippen molar-refractivity contribution in [3.05, 3.63) is 75.5 Å². The number of nitrogens with one attached hydrogen (secondary N) is 1. The molecule has 0 saturated heterocycles. The maximum atomic E-state index is 13.3. The van der Waals surface area contributed by atoms with Crippen molar-refractivity contribution in [3.63, 3.8) is 0 Å². The minimum absolute atomic E-state index is 0.193. The molecule has 10 nitrogen and oxygen atoms in total. The highest BCUT2D eigenvalue weighted by molar-refractivity contribution is 7.16. The van der Waals surface area contributed by atoms with E-state index in [0.29, 0.717) is 52.0 Å². The first-order valence-corrected chi connectivity index (χ1v) is 12.3. The predicted molar refractivity (Wildman–Crippen MR) is 138 cm³/mol. The van der Waals surface area contributed by atoms with Gasteiger partial charge in [0.15, 0.2) is 5.13 Å². The van der Waals surface area contributed by atoms with Crippen LogP contribution in [0.2, 0.25) is 5.15 Å². The number of hydrogen-bond donors (Lipinski definition) is 1. The first-order chi connectivity index (χ1) is 17.9. The molecule has 0 radical (unpaired) electrons. The zero-order valence-corrected chi connectivity index (χ0v) is 21.7. The van der Waals surface area contributed by atoms with Crippen LogP contribution < -0.4 is 14.8 Å². The van der Waals surface area contributed by atoms with Gasteiger partial charge >= 0.3 is 0 Å². The number of aryl methyl sites for hydroxylation is 1. The van der Waals surface area contributed by atoms with E-state index in [2.05, 4.69) is 25.3 Å². The molecule has 0 aromatic carbocycles. The van der Waals surface area contributed by atoms with Crippen LogP contribution in [0.1, 0.15) is 37.0 Å². The van der Waals surface area contributed by atoms with Crippen molar-refractivity contribution in [2.45, 2.75) is 20.0 Å². The van der Waals surface area contributed by atoms with Gasteiger partial charge in [-0.05, 0) is 25.1 Å². The Morgan fingerprint density at radius 2 is 1.84 bits per heavy atom. The van der Waals surface area contributed by atoms with Gasteiger partial charge in [0.25, 0.3) is 11.8 Å². The number of aromatic nitrogens is 4. The van der Waals surface area contributed by atoms with E-state index in [1.54, 1.807) is 29.3 Å². The number of halogens is 1. The van der Waals surface area contributed by atoms with Gasteiger partial charge in [-0.3, -0.25) is 24.9 Å². The number of thiazole rings is 1. The summed E-state index contributed by atoms with van der Waals surface area (Å²) < 4.78 is 10.7. The largest absolute Gasteiger partial charge is 0.496 e. The fourth-order valence-electron chi connectivity index (χ4n) is 4.05. The van der Waals surface area contributed by atoms with E-state index < -0.39 is 0 Å². The van der Waals surface area contributed by atoms with Gasteiger partial charge in [0.05, 0.1) is 55.2 Å². The molecule has 5 rings (SSSR count). The maximum Gasteiger partial charge on any atom is 0.259 e. The van der Waals surface area contributed by atoms with E-state index in [1.165, 1.54) is 44.1 Å². The summed E-state index contributed by atoms with van der Waals surface area (Å²) in [6.45, 7) is 2.53. The Labute approximate surface area is 221 Å². The Balaban J connectivity index is 1.36. The van der Waals surface area contributed by atoms with E-state index in [4.69, 9.17) is 21.1 Å². The summed E-state index contributed by atoms with van der Waals surface area (Å²) in [7, 11) is 3.04. The number of fused-ring (bicyclic) bond motifs is 1. The Bertz CT molecular complexity index is 1500. The molecule has 12 heteroatoms. The number of ether oxygens (including phenoxy) is 2. The first-order valence-electron chi connectivity index (χ1n) is 11.1. The molecule has 37 heavy (non-hydrogen) atoms. The van der Waals surface area contributed by atoms with Crippen molar-refractivity contribution >= 4 is 39.9 Å². The van der Waals surface area contributed by atoms with Crippen LogP contribution in [0.15, 0.2) is 43.0 Å². The van der Waals surface area contributed by atoms with Crippen molar-refractivity contribution in [2.24, 2.45) is 0 Å². The Kier molecular flexibility index (Phi) is 6.72. The van der Waals surface area contributed by atoms with Crippen LogP contribution in [0.4, 0.5) is 5.13 Å². The maximum absolute atomic E-state index is 13.3. The molecule has 1 aliphatic rings. The summed E-state index contributed by atoms with van der Waals surface area (Å²) >= 11 is 7.45. The van der Waals surface area contributed by atoms with Crippen molar-refractivity contribution in [1.29, 1.82) is 0 Å². The molecule has 2 amide bonds. The number of rotatable bonds is 6. The van der Waals surface area contributed by atoms with E-state index in [0.717, 1.165) is 16.3 Å². The zero-order chi connectivity index (χ0) is 26.1. The minimum Gasteiger partial charge on any atom is -0.496 e. The summed E-state index contributed by atoms with van der Waals surface area (Å²) in [6.07, 6.45) is 6.08. The molecule has 4 aromatic rings. The summed E-state index contributed by atoms with van der Waals surface area (Å²) in [5.74, 6) is 0.372. The summed E-state index contributed by atoms with van der Waals surface area (Å²) in [5.41, 5.74) is 3.42. The van der Waals surface area contributed by atoms with Crippen LogP contribution in [0.25, 0.3) is 11.1 Å². The second-order valence-corrected chi connectivity index (χ2v) is 9.63. The van der Waals surface area contributed by atoms with E-state index in [1.807, 2.05) is 6.92 Å². The number of methoxy groups -OCH3 is 2. The average Bonchev–Trinajstić information content (AvgIpc) is 3.47. The molecular formula is C25H21ClN6O4S. The van der Waals surface area contributed by atoms with Crippen LogP contribution >= 0.6 is 22.9 Å². The fraction of sp³-hybridized carbons (Fsp3) is 0.200. The molecule has 0 unspecified atom stereocenters. The molecule has 188 valence electrons. The van der Waals surface area contributed by atoms with Crippen LogP contribution in [0.5, 0.6) is 11.5 Å². The normalized spacial score (nSPS) is 12.3. The van der Waals surface area contributed by atoms with Gasteiger partial charge in [-0.1, -0.05) is 22.9 Å². The van der Waals surface area contributed by atoms with Crippen molar-refractivity contribution in [3.8, 4) is 22.6 Å². The molecule has 1 aliphatic heterocycles. The molecule has 1 N–H and O–H groups in total. The molecule has 5 heterocycles. The Morgan fingerprint density at radius 1 is 1.03 bits per heavy atom. The van der Waals surface area contributed by atoms with Crippen molar-refractivity contribution < 1.29 is 19.1 Å². The third-order valence-electron chi connectivity index (χ3n) is 5.82. The van der Waals surface area contributed by atoms with Gasteiger partial charge in [-0.2, -0.15) is 0 Å². The Morgan fingerprint density at radius 3 is 2.59 bits per heavy atom. The second kappa shape index (κ2) is 10.1. The summed E-state index contributed by atoms with van der Waals surface area (Å²) in [5, 5.41) is 3.58. The summed E-state index contributed by atoms with van der Waals surface area (Å²) in [6, 6.07) is 5.09. The Hall–Kier alpha value is -4.09. The minimum atomic E-state index is -0.377. The number of anilines is 1. The number of carbonyl (C=O) groups excluding carboxylic acids is 2. The van der Waals surface area contributed by atoms with E-state index in [-0.39, 0.29) is 17.0 Å². The molecule has 0 saturated carbocycles. The van der Waals surface area contributed by atoms with Gasteiger partial charge in [-0.15, -0.1) is 0 Å². The highest BCUT2D eigenvalue weighted by Crippen LogP contribution is 2.36. The van der Waals surface area contributed by atoms with Crippen molar-refractivity contribution in [1.82, 2.24) is 24.8 Å². The van der Waals surface area contributed by atoms with Crippen LogP contribution in [-0.4, -0.2) is 50.9 Å². The third-order valence-corrected chi connectivity index (χ3v) is 7.03. The SMILES string of the molecule is COc1ccncc1C(=O)N1Cc2nc(NC(=O)c3cnc(C)cc3-c3cc(Cl)ncc3OC)sc2C1. The molecule has 0 fully saturated rings. The lowest BCUT2D eigenvalue weighted by Gasteiger charge is -2.17. The lowest BCUT2D eigenvalue weighted by atomic mass is 10.0. The number of pyridine rings is 3. The first kappa shape index (κ1) is 24.6. The zero-order valence-electron chi connectivity index (χ0n) is 20.1. The van der Waals surface area contributed by atoms with Gasteiger partial charge in [-0.25, -0.2) is 9.97 Å². The number of amides is 2. The molecule has 4 aromatic heterocycles.